The van der Waals surface area contributed by atoms with Gasteiger partial charge in [0.15, 0.2) is 0 Å². The van der Waals surface area contributed by atoms with E-state index in [1.165, 1.54) is 0 Å². The van der Waals surface area contributed by atoms with Gasteiger partial charge in [-0.15, -0.1) is 6.42 Å². The van der Waals surface area contributed by atoms with Gasteiger partial charge in [-0.25, -0.2) is 0 Å². The fraction of sp³-hybridized carbons (Fsp3) is 0.188. The highest BCUT2D eigenvalue weighted by molar-refractivity contribution is 5.50. The van der Waals surface area contributed by atoms with E-state index in [9.17, 15) is 0 Å². The highest BCUT2D eigenvalue weighted by atomic mass is 16.5. The first kappa shape index (κ1) is 13.0. The summed E-state index contributed by atoms with van der Waals surface area (Å²) in [5.74, 6) is 3.44. The SMILES string of the molecule is C#Cc1cccc(NCc2cc(OC)cc(C)n2)c1. The second kappa shape index (κ2) is 5.92. The van der Waals surface area contributed by atoms with Crippen molar-refractivity contribution in [2.24, 2.45) is 0 Å². The van der Waals surface area contributed by atoms with E-state index in [1.54, 1.807) is 7.11 Å². The van der Waals surface area contributed by atoms with Gasteiger partial charge in [0.05, 0.1) is 19.3 Å². The van der Waals surface area contributed by atoms with Crippen LogP contribution in [0.3, 0.4) is 0 Å². The zero-order valence-corrected chi connectivity index (χ0v) is 11.1. The molecule has 0 saturated heterocycles. The Kier molecular flexibility index (Phi) is 4.04. The monoisotopic (exact) mass is 252 g/mol. The minimum atomic E-state index is 0.631. The minimum absolute atomic E-state index is 0.631. The molecule has 0 aliphatic heterocycles. The number of ether oxygens (including phenoxy) is 1. The Balaban J connectivity index is 2.10. The van der Waals surface area contributed by atoms with Crippen LogP contribution in [0.15, 0.2) is 36.4 Å². The molecule has 2 rings (SSSR count). The van der Waals surface area contributed by atoms with Crippen LogP contribution >= 0.6 is 0 Å². The van der Waals surface area contributed by atoms with Crippen LogP contribution in [0.5, 0.6) is 5.75 Å². The molecule has 0 atom stereocenters. The lowest BCUT2D eigenvalue weighted by Gasteiger charge is -2.09. The van der Waals surface area contributed by atoms with Gasteiger partial charge in [-0.05, 0) is 25.1 Å². The topological polar surface area (TPSA) is 34.1 Å². The number of methoxy groups -OCH3 is 1. The molecule has 0 bridgehead atoms. The third kappa shape index (κ3) is 3.49. The Labute approximate surface area is 113 Å². The molecule has 0 saturated carbocycles. The van der Waals surface area contributed by atoms with Gasteiger partial charge in [-0.3, -0.25) is 4.98 Å². The van der Waals surface area contributed by atoms with Crippen LogP contribution in [0.2, 0.25) is 0 Å². The number of hydrogen-bond acceptors (Lipinski definition) is 3. The first-order valence-corrected chi connectivity index (χ1v) is 6.03. The van der Waals surface area contributed by atoms with E-state index in [2.05, 4.69) is 16.2 Å². The summed E-state index contributed by atoms with van der Waals surface area (Å²) in [5, 5.41) is 3.30. The summed E-state index contributed by atoms with van der Waals surface area (Å²) in [7, 11) is 1.66. The molecule has 1 N–H and O–H groups in total. The quantitative estimate of drug-likeness (QED) is 0.849. The fourth-order valence-corrected chi connectivity index (χ4v) is 1.82. The number of aryl methyl sites for hydroxylation is 1. The minimum Gasteiger partial charge on any atom is -0.497 e. The fourth-order valence-electron chi connectivity index (χ4n) is 1.82. The van der Waals surface area contributed by atoms with Crippen LogP contribution < -0.4 is 10.1 Å². The molecule has 19 heavy (non-hydrogen) atoms. The van der Waals surface area contributed by atoms with Gasteiger partial charge in [0.25, 0.3) is 0 Å². The zero-order chi connectivity index (χ0) is 13.7. The van der Waals surface area contributed by atoms with Crippen molar-refractivity contribution < 1.29 is 4.74 Å². The standard InChI is InChI=1S/C16H16N2O/c1-4-13-6-5-7-14(9-13)17-11-15-10-16(19-3)8-12(2)18-15/h1,5-10,17H,11H2,2-3H3. The van der Waals surface area contributed by atoms with E-state index in [4.69, 9.17) is 11.2 Å². The molecule has 1 aromatic carbocycles. The van der Waals surface area contributed by atoms with Crippen LogP contribution in [0, 0.1) is 19.3 Å². The maximum Gasteiger partial charge on any atom is 0.122 e. The Hall–Kier alpha value is -2.47. The number of rotatable bonds is 4. The van der Waals surface area contributed by atoms with E-state index in [1.807, 2.05) is 43.3 Å². The number of aromatic nitrogens is 1. The molecular weight excluding hydrogens is 236 g/mol. The van der Waals surface area contributed by atoms with Gasteiger partial charge in [0.1, 0.15) is 5.75 Å². The van der Waals surface area contributed by atoms with E-state index < -0.39 is 0 Å². The molecule has 0 unspecified atom stereocenters. The number of nitrogens with one attached hydrogen (secondary N) is 1. The summed E-state index contributed by atoms with van der Waals surface area (Å²) in [5.41, 5.74) is 3.72. The Morgan fingerprint density at radius 3 is 2.89 bits per heavy atom. The van der Waals surface area contributed by atoms with Crippen LogP contribution in [0.1, 0.15) is 17.0 Å². The highest BCUT2D eigenvalue weighted by Crippen LogP contribution is 2.15. The van der Waals surface area contributed by atoms with Crippen molar-refractivity contribution in [3.8, 4) is 18.1 Å². The molecule has 0 aliphatic rings. The summed E-state index contributed by atoms with van der Waals surface area (Å²) in [6.45, 7) is 2.58. The van der Waals surface area contributed by atoms with Gasteiger partial charge in [-0.1, -0.05) is 12.0 Å². The molecule has 2 aromatic rings. The molecule has 0 fully saturated rings. The molecule has 0 radical (unpaired) electrons. The van der Waals surface area contributed by atoms with Crippen LogP contribution in [-0.2, 0) is 6.54 Å². The van der Waals surface area contributed by atoms with Crippen molar-refractivity contribution in [3.63, 3.8) is 0 Å². The lowest BCUT2D eigenvalue weighted by Crippen LogP contribution is -2.03. The summed E-state index contributed by atoms with van der Waals surface area (Å²) in [4.78, 5) is 4.46. The van der Waals surface area contributed by atoms with Gasteiger partial charge < -0.3 is 10.1 Å². The van der Waals surface area contributed by atoms with Crippen molar-refractivity contribution in [1.82, 2.24) is 4.98 Å². The average molecular weight is 252 g/mol. The molecule has 3 heteroatoms. The van der Waals surface area contributed by atoms with Crippen LogP contribution in [-0.4, -0.2) is 12.1 Å². The summed E-state index contributed by atoms with van der Waals surface area (Å²) < 4.78 is 5.23. The second-order valence-electron chi connectivity index (χ2n) is 4.22. The molecule has 0 amide bonds. The highest BCUT2D eigenvalue weighted by Gasteiger charge is 2.01. The number of terminal acetylenes is 1. The average Bonchev–Trinajstić information content (AvgIpc) is 2.44. The summed E-state index contributed by atoms with van der Waals surface area (Å²) in [6, 6.07) is 11.6. The molecule has 0 aliphatic carbocycles. The predicted molar refractivity (Wildman–Crippen MR) is 77.2 cm³/mol. The smallest absolute Gasteiger partial charge is 0.122 e. The van der Waals surface area contributed by atoms with Crippen molar-refractivity contribution in [2.45, 2.75) is 13.5 Å². The van der Waals surface area contributed by atoms with Crippen LogP contribution in [0.25, 0.3) is 0 Å². The molecule has 3 nitrogen and oxygen atoms in total. The molecule has 1 heterocycles. The zero-order valence-electron chi connectivity index (χ0n) is 11.1. The number of nitrogens with zero attached hydrogens (tertiary/aromatic N) is 1. The van der Waals surface area contributed by atoms with Gasteiger partial charge in [0, 0.05) is 29.1 Å². The third-order valence-corrected chi connectivity index (χ3v) is 2.72. The summed E-state index contributed by atoms with van der Waals surface area (Å²) >= 11 is 0. The Morgan fingerprint density at radius 1 is 1.32 bits per heavy atom. The normalized spacial score (nSPS) is 9.74. The summed E-state index contributed by atoms with van der Waals surface area (Å²) in [6.07, 6.45) is 5.38. The van der Waals surface area contributed by atoms with E-state index in [-0.39, 0.29) is 0 Å². The first-order valence-electron chi connectivity index (χ1n) is 6.03. The van der Waals surface area contributed by atoms with Crippen molar-refractivity contribution in [1.29, 1.82) is 0 Å². The lowest BCUT2D eigenvalue weighted by atomic mass is 10.2. The van der Waals surface area contributed by atoms with Crippen molar-refractivity contribution >= 4 is 5.69 Å². The Bertz CT molecular complexity index is 614. The number of pyridine rings is 1. The van der Waals surface area contributed by atoms with Crippen molar-refractivity contribution in [2.75, 3.05) is 12.4 Å². The maximum atomic E-state index is 5.38. The lowest BCUT2D eigenvalue weighted by molar-refractivity contribution is 0.413. The molecule has 1 aromatic heterocycles. The van der Waals surface area contributed by atoms with Gasteiger partial charge in [-0.2, -0.15) is 0 Å². The first-order chi connectivity index (χ1) is 9.21. The van der Waals surface area contributed by atoms with E-state index in [0.717, 1.165) is 28.4 Å². The number of anilines is 1. The van der Waals surface area contributed by atoms with E-state index in [0.29, 0.717) is 6.54 Å². The maximum absolute atomic E-state index is 5.38. The number of hydrogen-bond donors (Lipinski definition) is 1. The predicted octanol–water partition coefficient (Wildman–Crippen LogP) is 2.99. The molecule has 96 valence electrons. The van der Waals surface area contributed by atoms with Gasteiger partial charge >= 0.3 is 0 Å². The second-order valence-corrected chi connectivity index (χ2v) is 4.22. The number of benzene rings is 1. The van der Waals surface area contributed by atoms with Gasteiger partial charge in [0.2, 0.25) is 0 Å². The molecule has 0 spiro atoms. The Morgan fingerprint density at radius 2 is 2.16 bits per heavy atom. The van der Waals surface area contributed by atoms with Crippen LogP contribution in [0.4, 0.5) is 5.69 Å². The van der Waals surface area contributed by atoms with E-state index >= 15 is 0 Å². The largest absolute Gasteiger partial charge is 0.497 e. The molecular formula is C16H16N2O. The third-order valence-electron chi connectivity index (χ3n) is 2.72. The van der Waals surface area contributed by atoms with Crippen molar-refractivity contribution in [3.05, 3.63) is 53.3 Å².